The van der Waals surface area contributed by atoms with Crippen LogP contribution >= 0.6 is 0 Å². The van der Waals surface area contributed by atoms with Crippen LogP contribution in [0.1, 0.15) is 98.9 Å². The molecular weight excluding hydrogens is 460 g/mol. The maximum Gasteiger partial charge on any atom is 0.187 e. The van der Waals surface area contributed by atoms with Crippen molar-refractivity contribution in [3.8, 4) is 12.3 Å². The van der Waals surface area contributed by atoms with E-state index < -0.39 is 0 Å². The minimum absolute atomic E-state index is 0.0485. The van der Waals surface area contributed by atoms with E-state index in [0.29, 0.717) is 0 Å². The lowest BCUT2D eigenvalue weighted by molar-refractivity contribution is -0.109. The smallest absolute Gasteiger partial charge is 0.187 e. The van der Waals surface area contributed by atoms with Gasteiger partial charge in [0.25, 0.3) is 0 Å². The molecule has 194 valence electrons. The molecule has 0 saturated heterocycles. The van der Waals surface area contributed by atoms with E-state index in [4.69, 9.17) is 6.42 Å². The Morgan fingerprint density at radius 3 is 1.92 bits per heavy atom. The van der Waals surface area contributed by atoms with E-state index in [1.54, 1.807) is 6.08 Å². The Labute approximate surface area is 229 Å². The zero-order chi connectivity index (χ0) is 26.6. The number of hydrogen-bond donors (Lipinski definition) is 0. The maximum absolute atomic E-state index is 13.4. The molecule has 3 aromatic rings. The summed E-state index contributed by atoms with van der Waals surface area (Å²) >= 11 is 0. The quantitative estimate of drug-likeness (QED) is 0.159. The number of hydrogen-bond acceptors (Lipinski definition) is 1. The number of rotatable bonds is 14. The maximum atomic E-state index is 13.4. The molecule has 1 aliphatic rings. The molecule has 0 bridgehead atoms. The molecule has 0 fully saturated rings. The molecule has 0 aromatic heterocycles. The van der Waals surface area contributed by atoms with Gasteiger partial charge in [-0.2, -0.15) is 0 Å². The van der Waals surface area contributed by atoms with Crippen molar-refractivity contribution in [3.63, 3.8) is 0 Å². The highest BCUT2D eigenvalue weighted by Gasteiger charge is 2.28. The summed E-state index contributed by atoms with van der Waals surface area (Å²) in [6, 6.07) is 26.7. The molecule has 1 aliphatic carbocycles. The largest absolute Gasteiger partial charge is 0.289 e. The predicted octanol–water partition coefficient (Wildman–Crippen LogP) is 9.71. The summed E-state index contributed by atoms with van der Waals surface area (Å²) < 4.78 is 0. The lowest BCUT2D eigenvalue weighted by Gasteiger charge is -2.13. The highest BCUT2D eigenvalue weighted by Crippen LogP contribution is 2.43. The van der Waals surface area contributed by atoms with Crippen molar-refractivity contribution < 1.29 is 4.79 Å². The van der Waals surface area contributed by atoms with Crippen LogP contribution in [0.5, 0.6) is 0 Å². The first-order valence-electron chi connectivity index (χ1n) is 14.4. The minimum Gasteiger partial charge on any atom is -0.289 e. The van der Waals surface area contributed by atoms with Crippen LogP contribution in [-0.2, 0) is 11.2 Å². The van der Waals surface area contributed by atoms with Gasteiger partial charge in [0.2, 0.25) is 0 Å². The van der Waals surface area contributed by atoms with E-state index in [-0.39, 0.29) is 5.78 Å². The van der Waals surface area contributed by atoms with Crippen LogP contribution < -0.4 is 0 Å². The molecule has 0 unspecified atom stereocenters. The van der Waals surface area contributed by atoms with Gasteiger partial charge in [0, 0.05) is 16.7 Å². The Morgan fingerprint density at radius 1 is 0.632 bits per heavy atom. The average molecular weight is 501 g/mol. The Kier molecular flexibility index (Phi) is 10.3. The van der Waals surface area contributed by atoms with Crippen LogP contribution in [0.2, 0.25) is 0 Å². The van der Waals surface area contributed by atoms with Gasteiger partial charge in [-0.15, -0.1) is 6.42 Å². The second-order valence-corrected chi connectivity index (χ2v) is 10.4. The van der Waals surface area contributed by atoms with Crippen LogP contribution in [0.3, 0.4) is 0 Å². The van der Waals surface area contributed by atoms with Crippen LogP contribution in [0.4, 0.5) is 0 Å². The van der Waals surface area contributed by atoms with Crippen molar-refractivity contribution >= 4 is 22.5 Å². The molecule has 38 heavy (non-hydrogen) atoms. The number of ketones is 1. The SMILES string of the molecule is C#Cc1cccc(C2=C(c3ccc(CCCCCCCCCCCC)cc3)C(=O)C=C2c2ccccc2)c1. The number of benzene rings is 3. The van der Waals surface area contributed by atoms with Gasteiger partial charge in [-0.05, 0) is 58.9 Å². The number of carbonyl (C=O) groups excluding carboxylic acids is 1. The molecular formula is C37H40O. The first-order chi connectivity index (χ1) is 18.7. The number of allylic oxidation sites excluding steroid dienone is 4. The lowest BCUT2D eigenvalue weighted by Crippen LogP contribution is -1.98. The van der Waals surface area contributed by atoms with Crippen molar-refractivity contribution in [1.82, 2.24) is 0 Å². The second-order valence-electron chi connectivity index (χ2n) is 10.4. The third kappa shape index (κ3) is 7.23. The predicted molar refractivity (Wildman–Crippen MR) is 163 cm³/mol. The fraction of sp³-hybridized carbons (Fsp3) is 0.324. The molecule has 3 aromatic carbocycles. The van der Waals surface area contributed by atoms with E-state index in [1.165, 1.54) is 69.8 Å². The summed E-state index contributed by atoms with van der Waals surface area (Å²) in [6.07, 6.45) is 22.1. The van der Waals surface area contributed by atoms with Crippen molar-refractivity contribution in [2.45, 2.75) is 77.6 Å². The van der Waals surface area contributed by atoms with E-state index in [2.05, 4.69) is 49.2 Å². The van der Waals surface area contributed by atoms with Gasteiger partial charge >= 0.3 is 0 Å². The summed E-state index contributed by atoms with van der Waals surface area (Å²) in [6.45, 7) is 2.27. The second kappa shape index (κ2) is 14.3. The minimum atomic E-state index is 0.0485. The average Bonchev–Trinajstić information content (AvgIpc) is 3.32. The van der Waals surface area contributed by atoms with Gasteiger partial charge in [-0.25, -0.2) is 0 Å². The standard InChI is InChI=1S/C37H40O/c1-3-5-6-7-8-9-10-11-12-14-18-30-23-25-32(26-24-30)37-35(38)28-34(31-20-15-13-16-21-31)36(37)33-22-17-19-29(4-2)27-33/h2,13,15-17,19-28H,3,5-12,14,18H2,1H3. The van der Waals surface area contributed by atoms with E-state index in [1.807, 2.05) is 42.5 Å². The summed E-state index contributed by atoms with van der Waals surface area (Å²) in [5.41, 5.74) is 7.79. The van der Waals surface area contributed by atoms with Gasteiger partial charge < -0.3 is 0 Å². The molecule has 0 aliphatic heterocycles. The molecule has 0 atom stereocenters. The third-order valence-electron chi connectivity index (χ3n) is 7.51. The summed E-state index contributed by atoms with van der Waals surface area (Å²) in [4.78, 5) is 13.4. The fourth-order valence-electron chi connectivity index (χ4n) is 5.38. The molecule has 0 saturated carbocycles. The molecule has 0 heterocycles. The zero-order valence-electron chi connectivity index (χ0n) is 22.8. The van der Waals surface area contributed by atoms with Crippen molar-refractivity contribution in [2.24, 2.45) is 0 Å². The third-order valence-corrected chi connectivity index (χ3v) is 7.51. The molecule has 4 rings (SSSR count). The number of terminal acetylenes is 1. The highest BCUT2D eigenvalue weighted by atomic mass is 16.1. The summed E-state index contributed by atoms with van der Waals surface area (Å²) in [5.74, 6) is 2.79. The normalized spacial score (nSPS) is 13.1. The molecule has 0 amide bonds. The van der Waals surface area contributed by atoms with Gasteiger partial charge in [0.15, 0.2) is 5.78 Å². The zero-order valence-corrected chi connectivity index (χ0v) is 22.8. The first-order valence-corrected chi connectivity index (χ1v) is 14.4. The monoisotopic (exact) mass is 500 g/mol. The lowest BCUT2D eigenvalue weighted by atomic mass is 9.89. The van der Waals surface area contributed by atoms with Crippen LogP contribution in [-0.4, -0.2) is 5.78 Å². The van der Waals surface area contributed by atoms with Crippen LogP contribution in [0.15, 0.2) is 84.9 Å². The highest BCUT2D eigenvalue weighted by molar-refractivity contribution is 6.45. The van der Waals surface area contributed by atoms with E-state index >= 15 is 0 Å². The summed E-state index contributed by atoms with van der Waals surface area (Å²) in [7, 11) is 0. The van der Waals surface area contributed by atoms with E-state index in [0.717, 1.165) is 45.4 Å². The van der Waals surface area contributed by atoms with Crippen molar-refractivity contribution in [1.29, 1.82) is 0 Å². The van der Waals surface area contributed by atoms with Crippen LogP contribution in [0.25, 0.3) is 16.7 Å². The molecule has 1 nitrogen and oxygen atoms in total. The molecule has 0 N–H and O–H groups in total. The first kappa shape index (κ1) is 27.4. The Balaban J connectivity index is 1.44. The van der Waals surface area contributed by atoms with Gasteiger partial charge in [0.05, 0.1) is 0 Å². The van der Waals surface area contributed by atoms with Crippen molar-refractivity contribution in [3.05, 3.63) is 113 Å². The van der Waals surface area contributed by atoms with Gasteiger partial charge in [-0.3, -0.25) is 4.79 Å². The van der Waals surface area contributed by atoms with E-state index in [9.17, 15) is 4.79 Å². The Bertz CT molecular complexity index is 1300. The van der Waals surface area contributed by atoms with Crippen molar-refractivity contribution in [2.75, 3.05) is 0 Å². The number of unbranched alkanes of at least 4 members (excludes halogenated alkanes) is 9. The Hall–Kier alpha value is -3.63. The molecule has 1 heteroatoms. The van der Waals surface area contributed by atoms with Gasteiger partial charge in [-0.1, -0.05) is 137 Å². The molecule has 0 spiro atoms. The summed E-state index contributed by atoms with van der Waals surface area (Å²) in [5, 5.41) is 0. The Morgan fingerprint density at radius 2 is 1.26 bits per heavy atom. The number of carbonyl (C=O) groups is 1. The fourth-order valence-corrected chi connectivity index (χ4v) is 5.38. The van der Waals surface area contributed by atoms with Gasteiger partial charge in [0.1, 0.15) is 0 Å². The van der Waals surface area contributed by atoms with Crippen LogP contribution in [0, 0.1) is 12.3 Å². The topological polar surface area (TPSA) is 17.1 Å². The number of aryl methyl sites for hydroxylation is 1. The molecule has 0 radical (unpaired) electrons.